The third-order valence-electron chi connectivity index (χ3n) is 5.13. The summed E-state index contributed by atoms with van der Waals surface area (Å²) in [4.78, 5) is 37.9. The van der Waals surface area contributed by atoms with Gasteiger partial charge in [0.25, 0.3) is 0 Å². The van der Waals surface area contributed by atoms with Gasteiger partial charge < -0.3 is 11.1 Å². The molecule has 3 rings (SSSR count). The number of allylic oxidation sites excluding steroid dienone is 2. The van der Waals surface area contributed by atoms with E-state index in [0.29, 0.717) is 6.42 Å². The van der Waals surface area contributed by atoms with Gasteiger partial charge in [-0.05, 0) is 24.7 Å². The van der Waals surface area contributed by atoms with Crippen molar-refractivity contribution < 1.29 is 14.4 Å². The molecule has 2 fully saturated rings. The van der Waals surface area contributed by atoms with Crippen LogP contribution in [-0.4, -0.2) is 41.8 Å². The van der Waals surface area contributed by atoms with E-state index in [1.165, 1.54) is 4.90 Å². The highest BCUT2D eigenvalue weighted by Crippen LogP contribution is 2.52. The smallest absolute Gasteiger partial charge is 0.236 e. The van der Waals surface area contributed by atoms with E-state index in [2.05, 4.69) is 17.5 Å². The lowest BCUT2D eigenvalue weighted by Gasteiger charge is -2.18. The largest absolute Gasteiger partial charge is 0.353 e. The first kappa shape index (κ1) is 15.2. The molecule has 1 saturated carbocycles. The lowest BCUT2D eigenvalue weighted by Crippen LogP contribution is -2.45. The van der Waals surface area contributed by atoms with E-state index < -0.39 is 6.04 Å². The molecule has 0 radical (unpaired) electrons. The van der Waals surface area contributed by atoms with Gasteiger partial charge in [-0.1, -0.05) is 25.5 Å². The summed E-state index contributed by atoms with van der Waals surface area (Å²) in [7, 11) is 0. The number of carbonyl (C=O) groups is 3. The average Bonchev–Trinajstić information content (AvgIpc) is 3.16. The van der Waals surface area contributed by atoms with Crippen molar-refractivity contribution in [1.82, 2.24) is 10.2 Å². The number of nitrogens with zero attached hydrogens (tertiary/aromatic N) is 1. The number of hydrogen-bond donors (Lipinski definition) is 2. The van der Waals surface area contributed by atoms with E-state index in [9.17, 15) is 14.4 Å². The van der Waals surface area contributed by atoms with Crippen LogP contribution in [0.5, 0.6) is 0 Å². The highest BCUT2D eigenvalue weighted by atomic mass is 16.2. The molecule has 0 spiro atoms. The normalized spacial score (nSPS) is 33.5. The number of nitrogens with one attached hydrogen (secondary N) is 1. The minimum atomic E-state index is -0.519. The van der Waals surface area contributed by atoms with Gasteiger partial charge in [0.1, 0.15) is 0 Å². The molecule has 5 atom stereocenters. The SMILES string of the molecule is CCCC(N)C(=O)NCCN1C(=O)C2C3C=CC(C3)C2C1=O. The van der Waals surface area contributed by atoms with E-state index >= 15 is 0 Å². The van der Waals surface area contributed by atoms with Crippen LogP contribution in [0.15, 0.2) is 12.2 Å². The summed E-state index contributed by atoms with van der Waals surface area (Å²) in [6, 6.07) is -0.519. The molecule has 0 aromatic heterocycles. The Hall–Kier alpha value is -1.69. The van der Waals surface area contributed by atoms with E-state index in [1.54, 1.807) is 0 Å². The van der Waals surface area contributed by atoms with Gasteiger partial charge in [-0.2, -0.15) is 0 Å². The summed E-state index contributed by atoms with van der Waals surface area (Å²) in [6.07, 6.45) is 6.56. The van der Waals surface area contributed by atoms with Crippen molar-refractivity contribution in [2.75, 3.05) is 13.1 Å². The second-order valence-corrected chi connectivity index (χ2v) is 6.51. The van der Waals surface area contributed by atoms with Crippen LogP contribution in [0, 0.1) is 23.7 Å². The summed E-state index contributed by atoms with van der Waals surface area (Å²) in [5.41, 5.74) is 5.73. The molecular weight excluding hydrogens is 282 g/mol. The van der Waals surface area contributed by atoms with Crippen LogP contribution in [0.25, 0.3) is 0 Å². The topological polar surface area (TPSA) is 92.5 Å². The molecule has 6 nitrogen and oxygen atoms in total. The van der Waals surface area contributed by atoms with Crippen LogP contribution in [0.3, 0.4) is 0 Å². The van der Waals surface area contributed by atoms with Crippen LogP contribution in [0.1, 0.15) is 26.2 Å². The van der Waals surface area contributed by atoms with Crippen LogP contribution in [0.4, 0.5) is 0 Å². The fourth-order valence-electron chi connectivity index (χ4n) is 4.05. The Morgan fingerprint density at radius 2 is 1.91 bits per heavy atom. The number of fused-ring (bicyclic) bond motifs is 5. The van der Waals surface area contributed by atoms with E-state index in [4.69, 9.17) is 5.73 Å². The van der Waals surface area contributed by atoms with Gasteiger partial charge in [0.2, 0.25) is 17.7 Å². The zero-order valence-electron chi connectivity index (χ0n) is 12.8. The lowest BCUT2D eigenvalue weighted by atomic mass is 9.85. The molecule has 0 aromatic carbocycles. The van der Waals surface area contributed by atoms with Crippen LogP contribution in [-0.2, 0) is 14.4 Å². The summed E-state index contributed by atoms with van der Waals surface area (Å²) in [6.45, 7) is 2.49. The summed E-state index contributed by atoms with van der Waals surface area (Å²) >= 11 is 0. The standard InChI is InChI=1S/C16H23N3O3/c1-2-3-11(17)14(20)18-6-7-19-15(21)12-9-4-5-10(8-9)13(12)16(19)22/h4-5,9-13H,2-3,6-8,17H2,1H3,(H,18,20). The number of rotatable bonds is 6. The van der Waals surface area contributed by atoms with E-state index in [1.807, 2.05) is 6.92 Å². The summed E-state index contributed by atoms with van der Waals surface area (Å²) in [5.74, 6) is -0.241. The Morgan fingerprint density at radius 3 is 2.45 bits per heavy atom. The first-order valence-electron chi connectivity index (χ1n) is 8.11. The number of likely N-dealkylation sites (tertiary alicyclic amines) is 1. The van der Waals surface area contributed by atoms with Gasteiger partial charge in [-0.15, -0.1) is 0 Å². The van der Waals surface area contributed by atoms with Gasteiger partial charge in [-0.25, -0.2) is 0 Å². The fraction of sp³-hybridized carbons (Fsp3) is 0.688. The van der Waals surface area contributed by atoms with Gasteiger partial charge in [0.15, 0.2) is 0 Å². The summed E-state index contributed by atoms with van der Waals surface area (Å²) < 4.78 is 0. The highest BCUT2D eigenvalue weighted by Gasteiger charge is 2.58. The maximum Gasteiger partial charge on any atom is 0.236 e. The van der Waals surface area contributed by atoms with Gasteiger partial charge in [0.05, 0.1) is 17.9 Å². The monoisotopic (exact) mass is 305 g/mol. The van der Waals surface area contributed by atoms with Crippen LogP contribution in [0.2, 0.25) is 0 Å². The van der Waals surface area contributed by atoms with E-state index in [0.717, 1.165) is 12.8 Å². The Morgan fingerprint density at radius 1 is 1.32 bits per heavy atom. The fourth-order valence-corrected chi connectivity index (χ4v) is 4.05. The van der Waals surface area contributed by atoms with Crippen molar-refractivity contribution in [3.05, 3.63) is 12.2 Å². The molecule has 2 aliphatic carbocycles. The Bertz CT molecular complexity index is 501. The molecule has 3 aliphatic rings. The molecule has 1 aliphatic heterocycles. The second kappa shape index (κ2) is 5.83. The second-order valence-electron chi connectivity index (χ2n) is 6.51. The zero-order valence-corrected chi connectivity index (χ0v) is 12.8. The number of hydrogen-bond acceptors (Lipinski definition) is 4. The third-order valence-corrected chi connectivity index (χ3v) is 5.13. The first-order valence-corrected chi connectivity index (χ1v) is 8.11. The molecule has 22 heavy (non-hydrogen) atoms. The Kier molecular flexibility index (Phi) is 4.04. The molecule has 3 N–H and O–H groups in total. The minimum absolute atomic E-state index is 0.0704. The van der Waals surface area contributed by atoms with Gasteiger partial charge >= 0.3 is 0 Å². The molecule has 3 amide bonds. The third kappa shape index (κ3) is 2.35. The van der Waals surface area contributed by atoms with Crippen molar-refractivity contribution >= 4 is 17.7 Å². The van der Waals surface area contributed by atoms with Gasteiger partial charge in [0, 0.05) is 13.1 Å². The van der Waals surface area contributed by atoms with Crippen molar-refractivity contribution in [2.24, 2.45) is 29.4 Å². The van der Waals surface area contributed by atoms with Crippen molar-refractivity contribution in [1.29, 1.82) is 0 Å². The molecule has 120 valence electrons. The van der Waals surface area contributed by atoms with Crippen LogP contribution < -0.4 is 11.1 Å². The number of nitrogens with two attached hydrogens (primary N) is 1. The molecular formula is C16H23N3O3. The zero-order chi connectivity index (χ0) is 15.9. The highest BCUT2D eigenvalue weighted by molar-refractivity contribution is 6.06. The maximum atomic E-state index is 12.4. The molecule has 2 bridgehead atoms. The molecule has 6 heteroatoms. The average molecular weight is 305 g/mol. The lowest BCUT2D eigenvalue weighted by molar-refractivity contribution is -0.141. The predicted molar refractivity (Wildman–Crippen MR) is 80.3 cm³/mol. The minimum Gasteiger partial charge on any atom is -0.353 e. The van der Waals surface area contributed by atoms with Gasteiger partial charge in [-0.3, -0.25) is 19.3 Å². The van der Waals surface area contributed by atoms with Crippen LogP contribution >= 0.6 is 0 Å². The Labute approximate surface area is 130 Å². The van der Waals surface area contributed by atoms with Crippen molar-refractivity contribution in [3.63, 3.8) is 0 Å². The first-order chi connectivity index (χ1) is 10.5. The molecule has 1 heterocycles. The number of carbonyl (C=O) groups excluding carboxylic acids is 3. The summed E-state index contributed by atoms with van der Waals surface area (Å²) in [5, 5.41) is 2.71. The van der Waals surface area contributed by atoms with E-state index in [-0.39, 0.29) is 54.5 Å². The number of amides is 3. The maximum absolute atomic E-state index is 12.4. The number of imide groups is 1. The molecule has 5 unspecified atom stereocenters. The van der Waals surface area contributed by atoms with Crippen molar-refractivity contribution in [3.8, 4) is 0 Å². The Balaban J connectivity index is 1.53. The molecule has 1 saturated heterocycles. The molecule has 0 aromatic rings. The van der Waals surface area contributed by atoms with Crippen molar-refractivity contribution in [2.45, 2.75) is 32.2 Å². The predicted octanol–water partition coefficient (Wildman–Crippen LogP) is 0.0371. The quantitative estimate of drug-likeness (QED) is 0.535.